The lowest BCUT2D eigenvalue weighted by Gasteiger charge is -2.18. The van der Waals surface area contributed by atoms with Gasteiger partial charge in [-0.2, -0.15) is 0 Å². The number of hydrogen-bond acceptors (Lipinski definition) is 6. The van der Waals surface area contributed by atoms with Crippen molar-refractivity contribution in [2.45, 2.75) is 207 Å². The maximum atomic E-state index is 12.7. The molecule has 0 fully saturated rings. The molecule has 334 valence electrons. The molecule has 0 aromatic carbocycles. The van der Waals surface area contributed by atoms with Crippen molar-refractivity contribution in [3.8, 4) is 0 Å². The highest BCUT2D eigenvalue weighted by Crippen LogP contribution is 2.13. The molecular weight excluding hydrogens is 733 g/mol. The van der Waals surface area contributed by atoms with Crippen LogP contribution in [0.25, 0.3) is 0 Å². The molecule has 0 heterocycles. The fraction of sp³-hybridized carbons (Fsp3) is 0.642. The second kappa shape index (κ2) is 47.0. The number of esters is 3. The molecule has 1 atom stereocenters. The van der Waals surface area contributed by atoms with Crippen LogP contribution in [0.15, 0.2) is 97.2 Å². The Hall–Kier alpha value is -3.67. The van der Waals surface area contributed by atoms with Gasteiger partial charge in [0.1, 0.15) is 13.2 Å². The minimum Gasteiger partial charge on any atom is -0.462 e. The summed E-state index contributed by atoms with van der Waals surface area (Å²) in [5.74, 6) is -1.02. The van der Waals surface area contributed by atoms with E-state index in [1.165, 1.54) is 51.4 Å². The van der Waals surface area contributed by atoms with E-state index >= 15 is 0 Å². The maximum Gasteiger partial charge on any atom is 0.306 e. The Morgan fingerprint density at radius 1 is 0.356 bits per heavy atom. The van der Waals surface area contributed by atoms with Gasteiger partial charge in [0.2, 0.25) is 0 Å². The van der Waals surface area contributed by atoms with Gasteiger partial charge >= 0.3 is 17.9 Å². The standard InChI is InChI=1S/C53H86O6/c1-4-7-10-13-16-19-22-24-26-27-29-31-34-37-40-43-46-52(55)58-49-50(48-57-51(54)45-42-39-36-33-30-21-18-15-12-9-6-3)59-53(56)47-44-41-38-35-32-28-25-23-20-17-14-11-8-5-2/h7-8,10-11,15-20,24,26,29,31,37,40,50H,4-6,9,12-14,21-23,25,27-28,30,32-36,38-39,41-49H2,1-3H3/b10-7-,11-8-,18-15-,19-16-,20-17-,26-24-,31-29-,40-37-. The maximum absolute atomic E-state index is 12.7. The van der Waals surface area contributed by atoms with Crippen molar-refractivity contribution in [1.29, 1.82) is 0 Å². The van der Waals surface area contributed by atoms with E-state index in [0.717, 1.165) is 103 Å². The van der Waals surface area contributed by atoms with Crippen molar-refractivity contribution in [2.75, 3.05) is 13.2 Å². The predicted molar refractivity (Wildman–Crippen MR) is 251 cm³/mol. The predicted octanol–water partition coefficient (Wildman–Crippen LogP) is 15.4. The molecule has 0 aliphatic carbocycles. The van der Waals surface area contributed by atoms with Gasteiger partial charge in [0.05, 0.1) is 0 Å². The number of allylic oxidation sites excluding steroid dienone is 16. The zero-order chi connectivity index (χ0) is 43.0. The minimum absolute atomic E-state index is 0.110. The summed E-state index contributed by atoms with van der Waals surface area (Å²) in [6, 6.07) is 0. The first kappa shape index (κ1) is 55.3. The molecule has 6 nitrogen and oxygen atoms in total. The van der Waals surface area contributed by atoms with Gasteiger partial charge in [0, 0.05) is 19.3 Å². The van der Waals surface area contributed by atoms with Gasteiger partial charge in [-0.25, -0.2) is 0 Å². The second-order valence-electron chi connectivity index (χ2n) is 15.2. The Labute approximate surface area is 362 Å². The number of unbranched alkanes of at least 4 members (excludes halogenated alkanes) is 14. The summed E-state index contributed by atoms with van der Waals surface area (Å²) in [6.45, 7) is 6.28. The largest absolute Gasteiger partial charge is 0.462 e. The average molecular weight is 819 g/mol. The molecule has 0 aromatic heterocycles. The highest BCUT2D eigenvalue weighted by atomic mass is 16.6. The van der Waals surface area contributed by atoms with Crippen LogP contribution in [0.1, 0.15) is 201 Å². The van der Waals surface area contributed by atoms with Crippen LogP contribution in [-0.2, 0) is 28.6 Å². The normalized spacial score (nSPS) is 12.9. The van der Waals surface area contributed by atoms with Gasteiger partial charge in [-0.15, -0.1) is 0 Å². The third kappa shape index (κ3) is 45.3. The summed E-state index contributed by atoms with van der Waals surface area (Å²) in [5, 5.41) is 0. The summed E-state index contributed by atoms with van der Waals surface area (Å²) in [6.07, 6.45) is 61.1. The van der Waals surface area contributed by atoms with Crippen LogP contribution in [0.5, 0.6) is 0 Å². The van der Waals surface area contributed by atoms with E-state index in [4.69, 9.17) is 14.2 Å². The molecule has 0 bridgehead atoms. The van der Waals surface area contributed by atoms with Crippen molar-refractivity contribution in [3.05, 3.63) is 97.2 Å². The number of hydrogen-bond donors (Lipinski definition) is 0. The lowest BCUT2D eigenvalue weighted by atomic mass is 10.1. The zero-order valence-electron chi connectivity index (χ0n) is 38.0. The molecule has 0 N–H and O–H groups in total. The van der Waals surface area contributed by atoms with Crippen LogP contribution in [0.4, 0.5) is 0 Å². The summed E-state index contributed by atoms with van der Waals surface area (Å²) < 4.78 is 16.6. The quantitative estimate of drug-likeness (QED) is 0.0265. The summed E-state index contributed by atoms with van der Waals surface area (Å²) >= 11 is 0. The van der Waals surface area contributed by atoms with E-state index in [9.17, 15) is 14.4 Å². The van der Waals surface area contributed by atoms with Crippen molar-refractivity contribution in [3.63, 3.8) is 0 Å². The number of carbonyl (C=O) groups is 3. The van der Waals surface area contributed by atoms with Gasteiger partial charge in [-0.1, -0.05) is 182 Å². The number of carbonyl (C=O) groups excluding carboxylic acids is 3. The average Bonchev–Trinajstić information content (AvgIpc) is 3.23. The molecule has 0 aliphatic rings. The van der Waals surface area contributed by atoms with Crippen LogP contribution < -0.4 is 0 Å². The van der Waals surface area contributed by atoms with E-state index in [1.807, 2.05) is 12.2 Å². The molecule has 1 unspecified atom stereocenters. The highest BCUT2D eigenvalue weighted by molar-refractivity contribution is 5.71. The van der Waals surface area contributed by atoms with Gasteiger partial charge in [-0.05, 0) is 96.3 Å². The van der Waals surface area contributed by atoms with E-state index in [1.54, 1.807) is 0 Å². The van der Waals surface area contributed by atoms with E-state index in [2.05, 4.69) is 106 Å². The summed E-state index contributed by atoms with van der Waals surface area (Å²) in [4.78, 5) is 37.8. The topological polar surface area (TPSA) is 78.9 Å². The lowest BCUT2D eigenvalue weighted by Crippen LogP contribution is -2.30. The molecule has 0 saturated heterocycles. The highest BCUT2D eigenvalue weighted by Gasteiger charge is 2.19. The van der Waals surface area contributed by atoms with Gasteiger partial charge in [0.25, 0.3) is 0 Å². The van der Waals surface area contributed by atoms with Crippen molar-refractivity contribution in [1.82, 2.24) is 0 Å². The molecule has 6 heteroatoms. The molecule has 0 saturated carbocycles. The van der Waals surface area contributed by atoms with Crippen molar-refractivity contribution in [2.24, 2.45) is 0 Å². The fourth-order valence-electron chi connectivity index (χ4n) is 6.04. The van der Waals surface area contributed by atoms with Crippen LogP contribution >= 0.6 is 0 Å². The Morgan fingerprint density at radius 3 is 1.15 bits per heavy atom. The number of rotatable bonds is 41. The molecular formula is C53H86O6. The zero-order valence-corrected chi connectivity index (χ0v) is 38.0. The summed E-state index contributed by atoms with van der Waals surface area (Å²) in [7, 11) is 0. The SMILES string of the molecule is CC/C=C\C/C=C\C/C=C\C/C=C\C/C=C\CCC(=O)OCC(COC(=O)CCCCCCC/C=C\CCCC)OC(=O)CCCCCCCCC/C=C\C/C=C\CC. The van der Waals surface area contributed by atoms with Crippen LogP contribution in [-0.4, -0.2) is 37.2 Å². The first-order valence-corrected chi connectivity index (χ1v) is 23.7. The molecule has 0 rings (SSSR count). The first-order chi connectivity index (χ1) is 29.0. The van der Waals surface area contributed by atoms with Gasteiger partial charge in [-0.3, -0.25) is 14.4 Å². The lowest BCUT2D eigenvalue weighted by molar-refractivity contribution is -0.166. The van der Waals surface area contributed by atoms with E-state index in [-0.39, 0.29) is 37.5 Å². The van der Waals surface area contributed by atoms with Gasteiger partial charge < -0.3 is 14.2 Å². The van der Waals surface area contributed by atoms with Crippen LogP contribution in [0.2, 0.25) is 0 Å². The molecule has 0 aromatic rings. The third-order valence-electron chi connectivity index (χ3n) is 9.57. The molecule has 0 amide bonds. The van der Waals surface area contributed by atoms with E-state index < -0.39 is 6.10 Å². The Balaban J connectivity index is 4.52. The van der Waals surface area contributed by atoms with Gasteiger partial charge in [0.15, 0.2) is 6.10 Å². The summed E-state index contributed by atoms with van der Waals surface area (Å²) in [5.41, 5.74) is 0. The van der Waals surface area contributed by atoms with Crippen LogP contribution in [0.3, 0.4) is 0 Å². The number of ether oxygens (including phenoxy) is 3. The minimum atomic E-state index is -0.814. The smallest absolute Gasteiger partial charge is 0.306 e. The molecule has 0 spiro atoms. The Kier molecular flexibility index (Phi) is 44.1. The van der Waals surface area contributed by atoms with Crippen LogP contribution in [0, 0.1) is 0 Å². The third-order valence-corrected chi connectivity index (χ3v) is 9.57. The first-order valence-electron chi connectivity index (χ1n) is 23.7. The second-order valence-corrected chi connectivity index (χ2v) is 15.2. The monoisotopic (exact) mass is 819 g/mol. The molecule has 0 aliphatic heterocycles. The van der Waals surface area contributed by atoms with E-state index in [0.29, 0.717) is 19.3 Å². The fourth-order valence-corrected chi connectivity index (χ4v) is 6.04. The molecule has 0 radical (unpaired) electrons. The molecule has 59 heavy (non-hydrogen) atoms. The van der Waals surface area contributed by atoms with Crippen molar-refractivity contribution >= 4 is 17.9 Å². The van der Waals surface area contributed by atoms with Crippen molar-refractivity contribution < 1.29 is 28.6 Å². The Morgan fingerprint density at radius 2 is 0.695 bits per heavy atom. The Bertz CT molecular complexity index is 1220.